The zero-order chi connectivity index (χ0) is 21.9. The van der Waals surface area contributed by atoms with Gasteiger partial charge >= 0.3 is 0 Å². The molecular formula is C28H35N3O. The number of aromatic nitrogens is 1. The van der Waals surface area contributed by atoms with Crippen molar-refractivity contribution in [1.82, 2.24) is 14.4 Å². The van der Waals surface area contributed by atoms with Crippen LogP contribution in [-0.4, -0.2) is 46.5 Å². The highest BCUT2D eigenvalue weighted by molar-refractivity contribution is 5.85. The minimum atomic E-state index is -0.0571. The van der Waals surface area contributed by atoms with E-state index in [1.54, 1.807) is 0 Å². The number of fused-ring (bicyclic) bond motifs is 3. The van der Waals surface area contributed by atoms with E-state index in [0.29, 0.717) is 6.17 Å². The molecule has 2 unspecified atom stereocenters. The molecule has 0 N–H and O–H groups in total. The first-order chi connectivity index (χ1) is 15.8. The van der Waals surface area contributed by atoms with Crippen LogP contribution in [0.2, 0.25) is 0 Å². The molecule has 5 rings (SSSR count). The number of carbonyl (C=O) groups excluding carboxylic acids is 1. The van der Waals surface area contributed by atoms with Crippen molar-refractivity contribution in [1.29, 1.82) is 0 Å². The smallest absolute Gasteiger partial charge is 0.127 e. The second-order valence-corrected chi connectivity index (χ2v) is 9.54. The van der Waals surface area contributed by atoms with Crippen molar-refractivity contribution in [2.75, 3.05) is 19.6 Å². The average Bonchev–Trinajstić information content (AvgIpc) is 3.00. The first kappa shape index (κ1) is 21.4. The summed E-state index contributed by atoms with van der Waals surface area (Å²) in [6.07, 6.45) is 8.60. The molecule has 0 saturated carbocycles. The van der Waals surface area contributed by atoms with Gasteiger partial charge in [0.05, 0.1) is 6.17 Å². The van der Waals surface area contributed by atoms with E-state index in [1.807, 2.05) is 6.07 Å². The molecule has 4 heteroatoms. The van der Waals surface area contributed by atoms with Gasteiger partial charge in [0.25, 0.3) is 0 Å². The van der Waals surface area contributed by atoms with Crippen molar-refractivity contribution in [3.63, 3.8) is 0 Å². The number of aryl methyl sites for hydroxylation is 1. The second-order valence-electron chi connectivity index (χ2n) is 9.54. The van der Waals surface area contributed by atoms with Crippen molar-refractivity contribution < 1.29 is 4.79 Å². The predicted molar refractivity (Wildman–Crippen MR) is 131 cm³/mol. The SMILES string of the molecule is Cn1c2c(c3ccccc31)CCN(C(CC(C=O)c1ccccc1)N1CCCCCC1)C2. The Balaban J connectivity index is 1.46. The summed E-state index contributed by atoms with van der Waals surface area (Å²) in [4.78, 5) is 17.5. The van der Waals surface area contributed by atoms with Crippen LogP contribution in [0.1, 0.15) is 54.8 Å². The van der Waals surface area contributed by atoms with Gasteiger partial charge in [0, 0.05) is 42.7 Å². The predicted octanol–water partition coefficient (Wildman–Crippen LogP) is 5.11. The lowest BCUT2D eigenvalue weighted by molar-refractivity contribution is -0.110. The second kappa shape index (κ2) is 9.60. The summed E-state index contributed by atoms with van der Waals surface area (Å²) in [5.41, 5.74) is 5.44. The van der Waals surface area contributed by atoms with Crippen LogP contribution in [0.15, 0.2) is 54.6 Å². The Morgan fingerprint density at radius 2 is 1.59 bits per heavy atom. The van der Waals surface area contributed by atoms with Gasteiger partial charge in [0.15, 0.2) is 0 Å². The van der Waals surface area contributed by atoms with Gasteiger partial charge in [0.1, 0.15) is 6.29 Å². The number of benzene rings is 2. The molecule has 0 amide bonds. The maximum atomic E-state index is 12.2. The molecule has 4 nitrogen and oxygen atoms in total. The lowest BCUT2D eigenvalue weighted by Gasteiger charge is -2.42. The Kier molecular flexibility index (Phi) is 6.42. The number of nitrogens with zero attached hydrogens (tertiary/aromatic N) is 3. The molecule has 2 aliphatic heterocycles. The van der Waals surface area contributed by atoms with Crippen LogP contribution in [0, 0.1) is 0 Å². The Bertz CT molecular complexity index is 1050. The molecule has 168 valence electrons. The summed E-state index contributed by atoms with van der Waals surface area (Å²) >= 11 is 0. The van der Waals surface area contributed by atoms with E-state index < -0.39 is 0 Å². The van der Waals surface area contributed by atoms with Gasteiger partial charge in [-0.1, -0.05) is 61.4 Å². The monoisotopic (exact) mass is 429 g/mol. The minimum absolute atomic E-state index is 0.0571. The van der Waals surface area contributed by atoms with Crippen molar-refractivity contribution in [2.24, 2.45) is 7.05 Å². The molecule has 0 radical (unpaired) electrons. The quantitative estimate of drug-likeness (QED) is 0.510. The summed E-state index contributed by atoms with van der Waals surface area (Å²) < 4.78 is 2.39. The zero-order valence-electron chi connectivity index (χ0n) is 19.2. The van der Waals surface area contributed by atoms with Crippen molar-refractivity contribution in [3.05, 3.63) is 71.4 Å². The van der Waals surface area contributed by atoms with Gasteiger partial charge in [-0.3, -0.25) is 9.80 Å². The van der Waals surface area contributed by atoms with Crippen LogP contribution in [0.5, 0.6) is 0 Å². The first-order valence-electron chi connectivity index (χ1n) is 12.3. The number of hydrogen-bond acceptors (Lipinski definition) is 3. The number of carbonyl (C=O) groups is 1. The average molecular weight is 430 g/mol. The molecule has 0 bridgehead atoms. The van der Waals surface area contributed by atoms with Crippen LogP contribution < -0.4 is 0 Å². The lowest BCUT2D eigenvalue weighted by atomic mass is 9.93. The van der Waals surface area contributed by atoms with Crippen LogP contribution in [0.3, 0.4) is 0 Å². The third kappa shape index (κ3) is 4.14. The fourth-order valence-corrected chi connectivity index (χ4v) is 5.91. The van der Waals surface area contributed by atoms with E-state index in [0.717, 1.165) is 44.6 Å². The molecule has 32 heavy (non-hydrogen) atoms. The Morgan fingerprint density at radius 1 is 0.875 bits per heavy atom. The van der Waals surface area contributed by atoms with E-state index in [9.17, 15) is 4.79 Å². The molecule has 3 aromatic rings. The summed E-state index contributed by atoms with van der Waals surface area (Å²) in [5, 5.41) is 1.41. The van der Waals surface area contributed by atoms with Crippen molar-refractivity contribution in [2.45, 2.75) is 57.2 Å². The van der Waals surface area contributed by atoms with E-state index in [2.05, 4.69) is 69.9 Å². The van der Waals surface area contributed by atoms with Crippen LogP contribution >= 0.6 is 0 Å². The standard InChI is InChI=1S/C28H35N3O/c1-29-26-14-8-7-13-24(26)25-15-18-31(20-27(25)29)28(30-16-9-2-3-10-17-30)19-23(21-32)22-11-5-4-6-12-22/h4-8,11-14,21,23,28H,2-3,9-10,15-20H2,1H3. The van der Waals surface area contributed by atoms with Crippen molar-refractivity contribution >= 4 is 17.2 Å². The molecule has 0 aliphatic carbocycles. The third-order valence-corrected chi connectivity index (χ3v) is 7.69. The number of hydrogen-bond donors (Lipinski definition) is 0. The zero-order valence-corrected chi connectivity index (χ0v) is 19.2. The largest absolute Gasteiger partial charge is 0.346 e. The summed E-state index contributed by atoms with van der Waals surface area (Å²) in [5.74, 6) is -0.0571. The number of likely N-dealkylation sites (tertiary alicyclic amines) is 1. The Labute approximate surface area is 191 Å². The molecule has 1 fully saturated rings. The van der Waals surface area contributed by atoms with E-state index in [4.69, 9.17) is 0 Å². The van der Waals surface area contributed by atoms with E-state index >= 15 is 0 Å². The van der Waals surface area contributed by atoms with Gasteiger partial charge in [-0.05, 0) is 56.0 Å². The highest BCUT2D eigenvalue weighted by atomic mass is 16.1. The molecule has 1 aromatic heterocycles. The third-order valence-electron chi connectivity index (χ3n) is 7.69. The van der Waals surface area contributed by atoms with E-state index in [1.165, 1.54) is 54.1 Å². The number of para-hydroxylation sites is 1. The van der Waals surface area contributed by atoms with Gasteiger partial charge in [-0.25, -0.2) is 0 Å². The van der Waals surface area contributed by atoms with E-state index in [-0.39, 0.29) is 5.92 Å². The molecule has 1 saturated heterocycles. The maximum Gasteiger partial charge on any atom is 0.127 e. The van der Waals surface area contributed by atoms with Crippen LogP contribution in [0.4, 0.5) is 0 Å². The lowest BCUT2D eigenvalue weighted by Crippen LogP contribution is -2.51. The molecule has 2 aromatic carbocycles. The summed E-state index contributed by atoms with van der Waals surface area (Å²) in [6, 6.07) is 19.2. The highest BCUT2D eigenvalue weighted by Gasteiger charge is 2.33. The number of aldehydes is 1. The van der Waals surface area contributed by atoms with Gasteiger partial charge < -0.3 is 9.36 Å². The van der Waals surface area contributed by atoms with Crippen molar-refractivity contribution in [3.8, 4) is 0 Å². The van der Waals surface area contributed by atoms with Gasteiger partial charge in [-0.2, -0.15) is 0 Å². The van der Waals surface area contributed by atoms with Crippen LogP contribution in [0.25, 0.3) is 10.9 Å². The molecular weight excluding hydrogens is 394 g/mol. The normalized spacial score (nSPS) is 19.9. The maximum absolute atomic E-state index is 12.2. The Hall–Kier alpha value is -2.43. The number of rotatable bonds is 6. The summed E-state index contributed by atoms with van der Waals surface area (Å²) in [7, 11) is 2.21. The molecule has 2 atom stereocenters. The molecule has 0 spiro atoms. The molecule has 3 heterocycles. The Morgan fingerprint density at radius 3 is 2.34 bits per heavy atom. The fourth-order valence-electron chi connectivity index (χ4n) is 5.91. The van der Waals surface area contributed by atoms with Gasteiger partial charge in [0.2, 0.25) is 0 Å². The summed E-state index contributed by atoms with van der Waals surface area (Å²) in [6.45, 7) is 4.30. The first-order valence-corrected chi connectivity index (χ1v) is 12.3. The fraction of sp³-hybridized carbons (Fsp3) is 0.464. The van der Waals surface area contributed by atoms with Gasteiger partial charge in [-0.15, -0.1) is 0 Å². The van der Waals surface area contributed by atoms with Crippen LogP contribution in [-0.2, 0) is 24.8 Å². The highest BCUT2D eigenvalue weighted by Crippen LogP contribution is 2.33. The minimum Gasteiger partial charge on any atom is -0.346 e. The molecule has 2 aliphatic rings. The topological polar surface area (TPSA) is 28.5 Å².